The number of rotatable bonds is 7. The maximum Gasteiger partial charge on any atom is 0.261 e. The average Bonchev–Trinajstić information content (AvgIpc) is 2.61. The molecule has 2 aromatic rings. The Morgan fingerprint density at radius 2 is 1.86 bits per heavy atom. The molecule has 2 rings (SSSR count). The molecule has 0 bridgehead atoms. The van der Waals surface area contributed by atoms with Gasteiger partial charge < -0.3 is 4.90 Å². The van der Waals surface area contributed by atoms with Crippen molar-refractivity contribution in [2.24, 2.45) is 18.4 Å². The van der Waals surface area contributed by atoms with Gasteiger partial charge in [0.1, 0.15) is 5.82 Å². The van der Waals surface area contributed by atoms with Crippen LogP contribution in [0.1, 0.15) is 72.7 Å². The second-order valence-corrected chi connectivity index (χ2v) is 9.03. The summed E-state index contributed by atoms with van der Waals surface area (Å²) in [6.07, 6.45) is 2.23. The lowest BCUT2D eigenvalue weighted by atomic mass is 9.84. The molecule has 1 amide bonds. The zero-order valence-electron chi connectivity index (χ0n) is 18.5. The molecule has 0 radical (unpaired) electrons. The van der Waals surface area contributed by atoms with Crippen LogP contribution in [0.25, 0.3) is 10.9 Å². The number of fused-ring (bicyclic) bond motifs is 1. The third kappa shape index (κ3) is 5.00. The Kier molecular flexibility index (Phi) is 7.02. The third-order valence-corrected chi connectivity index (χ3v) is 5.22. The fourth-order valence-electron chi connectivity index (χ4n) is 4.18. The summed E-state index contributed by atoms with van der Waals surface area (Å²) in [7, 11) is 1.75. The lowest BCUT2D eigenvalue weighted by Crippen LogP contribution is -2.39. The molecule has 1 heterocycles. The van der Waals surface area contributed by atoms with Crippen molar-refractivity contribution in [3.05, 3.63) is 40.4 Å². The highest BCUT2D eigenvalue weighted by Gasteiger charge is 2.28. The lowest BCUT2D eigenvalue weighted by Gasteiger charge is -2.32. The largest absolute Gasteiger partial charge is 0.333 e. The number of carbonyl (C=O) groups is 1. The summed E-state index contributed by atoms with van der Waals surface area (Å²) in [5, 5.41) is 0.608. The van der Waals surface area contributed by atoms with E-state index in [0.717, 1.165) is 6.42 Å². The summed E-state index contributed by atoms with van der Waals surface area (Å²) >= 11 is 0. The molecular weight excluding hydrogens is 350 g/mol. The van der Waals surface area contributed by atoms with Gasteiger partial charge in [-0.2, -0.15) is 0 Å². The van der Waals surface area contributed by atoms with Crippen LogP contribution in [0, 0.1) is 11.3 Å². The third-order valence-electron chi connectivity index (χ3n) is 5.22. The first-order valence-corrected chi connectivity index (χ1v) is 10.3. The molecule has 0 aliphatic rings. The highest BCUT2D eigenvalue weighted by atomic mass is 16.2. The second-order valence-electron chi connectivity index (χ2n) is 9.03. The minimum atomic E-state index is -0.207. The van der Waals surface area contributed by atoms with E-state index in [-0.39, 0.29) is 22.9 Å². The molecule has 28 heavy (non-hydrogen) atoms. The van der Waals surface area contributed by atoms with Gasteiger partial charge in [0.15, 0.2) is 0 Å². The van der Waals surface area contributed by atoms with Gasteiger partial charge in [-0.25, -0.2) is 4.98 Å². The van der Waals surface area contributed by atoms with Crippen LogP contribution in [0.4, 0.5) is 0 Å². The van der Waals surface area contributed by atoms with Crippen LogP contribution in [0.2, 0.25) is 0 Å². The SMILES string of the molecule is CCC(c1nc2ccccc2c(=O)n1C)N(CC)C(=O)CC(C)CC(C)(C)C. The molecule has 0 saturated heterocycles. The number of nitrogens with zero attached hydrogens (tertiary/aromatic N) is 3. The van der Waals surface area contributed by atoms with E-state index in [9.17, 15) is 9.59 Å². The Labute approximate surface area is 168 Å². The van der Waals surface area contributed by atoms with Gasteiger partial charge in [0, 0.05) is 20.0 Å². The highest BCUT2D eigenvalue weighted by molar-refractivity contribution is 5.78. The number of hydrogen-bond acceptors (Lipinski definition) is 3. The number of carbonyl (C=O) groups excluding carboxylic acids is 1. The van der Waals surface area contributed by atoms with Crippen LogP contribution in [-0.2, 0) is 11.8 Å². The minimum Gasteiger partial charge on any atom is -0.333 e. The normalized spacial score (nSPS) is 14.1. The van der Waals surface area contributed by atoms with Gasteiger partial charge >= 0.3 is 0 Å². The first kappa shape index (κ1) is 22.1. The zero-order chi connectivity index (χ0) is 21.1. The van der Waals surface area contributed by atoms with E-state index < -0.39 is 0 Å². The van der Waals surface area contributed by atoms with Crippen molar-refractivity contribution in [1.29, 1.82) is 0 Å². The number of para-hydroxylation sites is 1. The molecule has 0 aliphatic heterocycles. The smallest absolute Gasteiger partial charge is 0.261 e. The van der Waals surface area contributed by atoms with E-state index in [2.05, 4.69) is 27.7 Å². The lowest BCUT2D eigenvalue weighted by molar-refractivity contribution is -0.134. The molecule has 5 heteroatoms. The zero-order valence-corrected chi connectivity index (χ0v) is 18.5. The van der Waals surface area contributed by atoms with Gasteiger partial charge in [-0.05, 0) is 43.2 Å². The summed E-state index contributed by atoms with van der Waals surface area (Å²) in [4.78, 5) is 32.6. The minimum absolute atomic E-state index is 0.0661. The van der Waals surface area contributed by atoms with Crippen LogP contribution in [0.3, 0.4) is 0 Å². The van der Waals surface area contributed by atoms with E-state index in [1.807, 2.05) is 36.9 Å². The molecule has 1 aromatic heterocycles. The van der Waals surface area contributed by atoms with Crippen molar-refractivity contribution in [3.63, 3.8) is 0 Å². The van der Waals surface area contributed by atoms with Gasteiger partial charge in [0.2, 0.25) is 5.91 Å². The van der Waals surface area contributed by atoms with Crippen molar-refractivity contribution in [2.75, 3.05) is 6.54 Å². The Morgan fingerprint density at radius 1 is 1.21 bits per heavy atom. The predicted octanol–water partition coefficient (Wildman–Crippen LogP) is 4.70. The molecule has 0 N–H and O–H groups in total. The van der Waals surface area contributed by atoms with Gasteiger partial charge in [0.05, 0.1) is 16.9 Å². The molecule has 5 nitrogen and oxygen atoms in total. The predicted molar refractivity (Wildman–Crippen MR) is 115 cm³/mol. The van der Waals surface area contributed by atoms with Crippen LogP contribution in [0.15, 0.2) is 29.1 Å². The van der Waals surface area contributed by atoms with Gasteiger partial charge in [-0.3, -0.25) is 14.2 Å². The fourth-order valence-corrected chi connectivity index (χ4v) is 4.18. The van der Waals surface area contributed by atoms with Crippen LogP contribution < -0.4 is 5.56 Å². The maximum absolute atomic E-state index is 13.1. The van der Waals surface area contributed by atoms with Crippen molar-refractivity contribution in [1.82, 2.24) is 14.5 Å². The van der Waals surface area contributed by atoms with E-state index >= 15 is 0 Å². The molecule has 1 aromatic carbocycles. The Bertz CT molecular complexity index is 880. The Morgan fingerprint density at radius 3 is 2.43 bits per heavy atom. The van der Waals surface area contributed by atoms with Crippen molar-refractivity contribution >= 4 is 16.8 Å². The van der Waals surface area contributed by atoms with E-state index in [0.29, 0.717) is 42.0 Å². The molecule has 2 atom stereocenters. The average molecular weight is 386 g/mol. The molecule has 0 saturated carbocycles. The van der Waals surface area contributed by atoms with Crippen molar-refractivity contribution in [3.8, 4) is 0 Å². The monoisotopic (exact) mass is 385 g/mol. The maximum atomic E-state index is 13.1. The summed E-state index contributed by atoms with van der Waals surface area (Å²) in [6, 6.07) is 7.18. The summed E-state index contributed by atoms with van der Waals surface area (Å²) in [5.41, 5.74) is 0.817. The van der Waals surface area contributed by atoms with Crippen molar-refractivity contribution < 1.29 is 4.79 Å². The van der Waals surface area contributed by atoms with E-state index in [1.54, 1.807) is 17.7 Å². The number of hydrogen-bond donors (Lipinski definition) is 0. The van der Waals surface area contributed by atoms with Crippen molar-refractivity contribution in [2.45, 2.75) is 66.8 Å². The number of aromatic nitrogens is 2. The standard InChI is InChI=1S/C23H35N3O2/c1-8-19(26(9-2)20(27)14-16(3)15-23(4,5)6)21-24-18-13-11-10-12-17(18)22(28)25(21)7/h10-13,16,19H,8-9,14-15H2,1-7H3. The molecule has 2 unspecified atom stereocenters. The quantitative estimate of drug-likeness (QED) is 0.694. The van der Waals surface area contributed by atoms with Gasteiger partial charge in [0.25, 0.3) is 5.56 Å². The highest BCUT2D eigenvalue weighted by Crippen LogP contribution is 2.29. The first-order valence-electron chi connectivity index (χ1n) is 10.3. The first-order chi connectivity index (χ1) is 13.1. The Hall–Kier alpha value is -2.17. The molecule has 0 aliphatic carbocycles. The van der Waals surface area contributed by atoms with Gasteiger partial charge in [-0.1, -0.05) is 46.8 Å². The number of amides is 1. The van der Waals surface area contributed by atoms with Crippen LogP contribution >= 0.6 is 0 Å². The summed E-state index contributed by atoms with van der Waals surface area (Å²) in [5.74, 6) is 1.10. The summed E-state index contributed by atoms with van der Waals surface area (Å²) < 4.78 is 1.60. The molecule has 154 valence electrons. The topological polar surface area (TPSA) is 55.2 Å². The Balaban J connectivity index is 2.37. The van der Waals surface area contributed by atoms with Crippen LogP contribution in [0.5, 0.6) is 0 Å². The number of benzene rings is 1. The summed E-state index contributed by atoms with van der Waals surface area (Å²) in [6.45, 7) is 13.4. The van der Waals surface area contributed by atoms with Gasteiger partial charge in [-0.15, -0.1) is 0 Å². The van der Waals surface area contributed by atoms with Crippen LogP contribution in [-0.4, -0.2) is 26.9 Å². The molecule has 0 spiro atoms. The molecule has 0 fully saturated rings. The second kappa shape index (κ2) is 8.89. The molecular formula is C23H35N3O2. The fraction of sp³-hybridized carbons (Fsp3) is 0.609. The van der Waals surface area contributed by atoms with E-state index in [4.69, 9.17) is 4.98 Å². The van der Waals surface area contributed by atoms with E-state index in [1.165, 1.54) is 0 Å².